The molecule has 1 aliphatic carbocycles. The third kappa shape index (κ3) is 4.51. The summed E-state index contributed by atoms with van der Waals surface area (Å²) in [6.07, 6.45) is 1.13. The van der Waals surface area contributed by atoms with Gasteiger partial charge in [0.15, 0.2) is 17.3 Å². The highest BCUT2D eigenvalue weighted by Crippen LogP contribution is 2.46. The van der Waals surface area contributed by atoms with Crippen molar-refractivity contribution in [2.45, 2.75) is 38.6 Å². The van der Waals surface area contributed by atoms with Crippen LogP contribution in [-0.2, 0) is 4.79 Å². The number of rotatable bonds is 7. The number of fused-ring (bicyclic) bond motifs is 1. The normalized spacial score (nSPS) is 18.8. The fourth-order valence-corrected chi connectivity index (χ4v) is 5.18. The molecule has 0 aromatic heterocycles. The number of nitrogens with one attached hydrogen (secondary N) is 2. The van der Waals surface area contributed by atoms with E-state index in [1.165, 1.54) is 0 Å². The molecule has 0 saturated carbocycles. The molecule has 2 aliphatic rings. The fourth-order valence-electron chi connectivity index (χ4n) is 5.18. The van der Waals surface area contributed by atoms with Gasteiger partial charge in [0, 0.05) is 23.3 Å². The summed E-state index contributed by atoms with van der Waals surface area (Å²) in [5.74, 6) is 2.34. The third-order valence-corrected chi connectivity index (χ3v) is 6.80. The smallest absolute Gasteiger partial charge is 0.163 e. The molecular weight excluding hydrogens is 452 g/mol. The highest BCUT2D eigenvalue weighted by Gasteiger charge is 2.37. The second-order valence-corrected chi connectivity index (χ2v) is 8.98. The summed E-state index contributed by atoms with van der Waals surface area (Å²) in [5, 5.41) is 7.24. The lowest BCUT2D eigenvalue weighted by Crippen LogP contribution is -2.27. The molecule has 1 aliphatic heterocycles. The largest absolute Gasteiger partial charge is 0.494 e. The van der Waals surface area contributed by atoms with Crippen molar-refractivity contribution >= 4 is 17.2 Å². The standard InChI is InChI=1S/C30H32N2O4/c1-4-35-26-13-9-6-10-21(26)30-29-24(31-22-11-7-8-12-23(22)32-30)16-20(17-25(29)33)19-14-15-27(36-5-2)28(18-19)34-3/h6-15,18,20,30-32H,4-5,16-17H2,1-3H3/t20-,30+/m1/s1. The Morgan fingerprint density at radius 1 is 0.833 bits per heavy atom. The summed E-state index contributed by atoms with van der Waals surface area (Å²) in [6.45, 7) is 5.04. The maximum atomic E-state index is 13.9. The zero-order valence-corrected chi connectivity index (χ0v) is 21.0. The molecule has 36 heavy (non-hydrogen) atoms. The average Bonchev–Trinajstić information content (AvgIpc) is 3.06. The second-order valence-electron chi connectivity index (χ2n) is 8.98. The van der Waals surface area contributed by atoms with Crippen LogP contribution in [0, 0.1) is 0 Å². The Balaban J connectivity index is 1.58. The Labute approximate surface area is 212 Å². The molecule has 0 unspecified atom stereocenters. The van der Waals surface area contributed by atoms with E-state index < -0.39 is 0 Å². The van der Waals surface area contributed by atoms with Crippen LogP contribution in [0.15, 0.2) is 78.0 Å². The first kappa shape index (κ1) is 23.8. The van der Waals surface area contributed by atoms with Crippen LogP contribution in [0.3, 0.4) is 0 Å². The first-order valence-electron chi connectivity index (χ1n) is 12.5. The molecule has 5 rings (SSSR count). The van der Waals surface area contributed by atoms with Gasteiger partial charge in [-0.05, 0) is 62.1 Å². The summed E-state index contributed by atoms with van der Waals surface area (Å²) in [6, 6.07) is 21.7. The minimum absolute atomic E-state index is 0.0291. The van der Waals surface area contributed by atoms with Crippen molar-refractivity contribution in [1.82, 2.24) is 0 Å². The third-order valence-electron chi connectivity index (χ3n) is 6.80. The Morgan fingerprint density at radius 2 is 1.56 bits per heavy atom. The van der Waals surface area contributed by atoms with Gasteiger partial charge in [-0.1, -0.05) is 36.4 Å². The Morgan fingerprint density at radius 3 is 2.33 bits per heavy atom. The van der Waals surface area contributed by atoms with E-state index in [1.54, 1.807) is 7.11 Å². The van der Waals surface area contributed by atoms with Crippen LogP contribution < -0.4 is 24.8 Å². The van der Waals surface area contributed by atoms with Crippen molar-refractivity contribution < 1.29 is 19.0 Å². The molecule has 1 heterocycles. The maximum Gasteiger partial charge on any atom is 0.163 e. The zero-order chi connectivity index (χ0) is 25.1. The first-order chi connectivity index (χ1) is 17.6. The molecule has 6 nitrogen and oxygen atoms in total. The molecule has 0 spiro atoms. The van der Waals surface area contributed by atoms with Gasteiger partial charge in [-0.3, -0.25) is 4.79 Å². The highest BCUT2D eigenvalue weighted by atomic mass is 16.5. The van der Waals surface area contributed by atoms with E-state index in [1.807, 2.05) is 80.6 Å². The van der Waals surface area contributed by atoms with E-state index in [2.05, 4.69) is 10.6 Å². The van der Waals surface area contributed by atoms with E-state index in [4.69, 9.17) is 14.2 Å². The predicted molar refractivity (Wildman–Crippen MR) is 142 cm³/mol. The highest BCUT2D eigenvalue weighted by molar-refractivity contribution is 6.01. The number of ketones is 1. The number of allylic oxidation sites excluding steroid dienone is 1. The summed E-state index contributed by atoms with van der Waals surface area (Å²) >= 11 is 0. The number of para-hydroxylation sites is 3. The van der Waals surface area contributed by atoms with E-state index in [9.17, 15) is 4.79 Å². The molecule has 2 atom stereocenters. The van der Waals surface area contributed by atoms with Crippen LogP contribution in [0.1, 0.15) is 49.8 Å². The Hall–Kier alpha value is -3.93. The van der Waals surface area contributed by atoms with Crippen molar-refractivity contribution in [2.75, 3.05) is 31.0 Å². The summed E-state index contributed by atoms with van der Waals surface area (Å²) in [7, 11) is 1.64. The van der Waals surface area contributed by atoms with Gasteiger partial charge < -0.3 is 24.8 Å². The van der Waals surface area contributed by atoms with Gasteiger partial charge in [-0.15, -0.1) is 0 Å². The predicted octanol–water partition coefficient (Wildman–Crippen LogP) is 6.47. The van der Waals surface area contributed by atoms with Crippen molar-refractivity contribution in [3.63, 3.8) is 0 Å². The molecule has 0 bridgehead atoms. The van der Waals surface area contributed by atoms with Gasteiger partial charge in [0.2, 0.25) is 0 Å². The first-order valence-corrected chi connectivity index (χ1v) is 12.5. The number of ether oxygens (including phenoxy) is 3. The van der Waals surface area contributed by atoms with Crippen molar-refractivity contribution in [2.24, 2.45) is 0 Å². The number of carbonyl (C=O) groups is 1. The van der Waals surface area contributed by atoms with Gasteiger partial charge in [-0.25, -0.2) is 0 Å². The Kier molecular flexibility index (Phi) is 6.85. The molecule has 0 amide bonds. The molecular formula is C30H32N2O4. The minimum Gasteiger partial charge on any atom is -0.494 e. The lowest BCUT2D eigenvalue weighted by molar-refractivity contribution is -0.116. The van der Waals surface area contributed by atoms with E-state index in [0.717, 1.165) is 39.5 Å². The summed E-state index contributed by atoms with van der Waals surface area (Å²) in [5.41, 5.74) is 5.65. The number of methoxy groups -OCH3 is 1. The van der Waals surface area contributed by atoms with E-state index in [0.29, 0.717) is 37.6 Å². The van der Waals surface area contributed by atoms with Crippen LogP contribution in [0.4, 0.5) is 11.4 Å². The molecule has 0 fully saturated rings. The van der Waals surface area contributed by atoms with Crippen molar-refractivity contribution in [1.29, 1.82) is 0 Å². The fraction of sp³-hybridized carbons (Fsp3) is 0.300. The quantitative estimate of drug-likeness (QED) is 0.400. The molecule has 3 aromatic rings. The lowest BCUT2D eigenvalue weighted by Gasteiger charge is -2.30. The number of hydrogen-bond donors (Lipinski definition) is 2. The second kappa shape index (κ2) is 10.4. The SMILES string of the molecule is CCOc1ccc([C@H]2CC(=O)C3=C(C2)Nc2ccccc2N[C@H]3c2ccccc2OCC)cc1OC. The van der Waals surface area contributed by atoms with Crippen LogP contribution in [0.25, 0.3) is 0 Å². The minimum atomic E-state index is -0.317. The molecule has 2 N–H and O–H groups in total. The number of benzene rings is 3. The number of Topliss-reactive ketones (excluding diaryl/α,β-unsaturated/α-hetero) is 1. The van der Waals surface area contributed by atoms with Gasteiger partial charge in [0.05, 0.1) is 37.7 Å². The molecule has 6 heteroatoms. The van der Waals surface area contributed by atoms with Gasteiger partial charge >= 0.3 is 0 Å². The topological polar surface area (TPSA) is 68.8 Å². The van der Waals surface area contributed by atoms with E-state index in [-0.39, 0.29) is 17.7 Å². The van der Waals surface area contributed by atoms with Crippen molar-refractivity contribution in [3.05, 3.63) is 89.1 Å². The Bertz CT molecular complexity index is 1300. The van der Waals surface area contributed by atoms with Crippen LogP contribution >= 0.6 is 0 Å². The van der Waals surface area contributed by atoms with Crippen LogP contribution in [0.2, 0.25) is 0 Å². The molecule has 3 aromatic carbocycles. The van der Waals surface area contributed by atoms with Crippen LogP contribution in [-0.4, -0.2) is 26.1 Å². The monoisotopic (exact) mass is 484 g/mol. The maximum absolute atomic E-state index is 13.9. The molecule has 0 radical (unpaired) electrons. The average molecular weight is 485 g/mol. The molecule has 0 saturated heterocycles. The van der Waals surface area contributed by atoms with Gasteiger partial charge in [0.25, 0.3) is 0 Å². The molecule has 186 valence electrons. The van der Waals surface area contributed by atoms with E-state index >= 15 is 0 Å². The number of anilines is 2. The van der Waals surface area contributed by atoms with Gasteiger partial charge in [-0.2, -0.15) is 0 Å². The number of hydrogen-bond acceptors (Lipinski definition) is 6. The van der Waals surface area contributed by atoms with Gasteiger partial charge in [0.1, 0.15) is 5.75 Å². The van der Waals surface area contributed by atoms with Crippen LogP contribution in [0.5, 0.6) is 17.2 Å². The summed E-state index contributed by atoms with van der Waals surface area (Å²) < 4.78 is 17.2. The lowest BCUT2D eigenvalue weighted by atomic mass is 9.78. The van der Waals surface area contributed by atoms with Crippen molar-refractivity contribution in [3.8, 4) is 17.2 Å². The summed E-state index contributed by atoms with van der Waals surface area (Å²) in [4.78, 5) is 13.9. The number of carbonyl (C=O) groups excluding carboxylic acids is 1. The zero-order valence-electron chi connectivity index (χ0n) is 21.0.